The molecular weight excluding hydrogens is 282 g/mol. The van der Waals surface area contributed by atoms with Gasteiger partial charge in [0.1, 0.15) is 17.4 Å². The molecule has 1 aromatic carbocycles. The Bertz CT molecular complexity index is 537. The van der Waals surface area contributed by atoms with Crippen molar-refractivity contribution in [2.24, 2.45) is 0 Å². The predicted molar refractivity (Wildman–Crippen MR) is 70.9 cm³/mol. The molecule has 2 N–H and O–H groups in total. The summed E-state index contributed by atoms with van der Waals surface area (Å²) < 4.78 is 6.27. The highest BCUT2D eigenvalue weighted by Gasteiger charge is 2.09. The molecule has 0 aliphatic carbocycles. The number of aryl methyl sites for hydroxylation is 1. The van der Waals surface area contributed by atoms with Gasteiger partial charge in [-0.05, 0) is 25.1 Å². The van der Waals surface area contributed by atoms with Gasteiger partial charge in [0.05, 0.1) is 12.8 Å². The van der Waals surface area contributed by atoms with Gasteiger partial charge in [-0.25, -0.2) is 9.97 Å². The fraction of sp³-hybridized carbons (Fsp3) is 0.167. The number of methoxy groups -OCH3 is 1. The molecule has 0 amide bonds. The largest absolute Gasteiger partial charge is 0.496 e. The van der Waals surface area contributed by atoms with Crippen LogP contribution in [0.25, 0.3) is 11.3 Å². The molecule has 88 valence electrons. The van der Waals surface area contributed by atoms with Gasteiger partial charge >= 0.3 is 0 Å². The van der Waals surface area contributed by atoms with Crippen molar-refractivity contribution in [3.63, 3.8) is 0 Å². The number of nitrogens with two attached hydrogens (primary N) is 1. The fourth-order valence-corrected chi connectivity index (χ4v) is 1.97. The van der Waals surface area contributed by atoms with E-state index in [0.29, 0.717) is 11.6 Å². The number of anilines is 1. The van der Waals surface area contributed by atoms with Crippen LogP contribution in [0.2, 0.25) is 0 Å². The summed E-state index contributed by atoms with van der Waals surface area (Å²) in [6.07, 6.45) is 0. The van der Waals surface area contributed by atoms with Crippen LogP contribution in [0.5, 0.6) is 5.75 Å². The van der Waals surface area contributed by atoms with Crippen molar-refractivity contribution < 1.29 is 4.74 Å². The van der Waals surface area contributed by atoms with Crippen LogP contribution in [-0.2, 0) is 0 Å². The molecule has 0 spiro atoms. The lowest BCUT2D eigenvalue weighted by Gasteiger charge is -2.09. The first-order valence-corrected chi connectivity index (χ1v) is 5.84. The van der Waals surface area contributed by atoms with E-state index in [-0.39, 0.29) is 0 Å². The summed E-state index contributed by atoms with van der Waals surface area (Å²) >= 11 is 3.43. The van der Waals surface area contributed by atoms with Crippen LogP contribution in [0, 0.1) is 6.92 Å². The molecule has 0 unspecified atom stereocenters. The third-order valence-electron chi connectivity index (χ3n) is 2.30. The second kappa shape index (κ2) is 4.71. The van der Waals surface area contributed by atoms with E-state index < -0.39 is 0 Å². The van der Waals surface area contributed by atoms with Crippen molar-refractivity contribution in [1.29, 1.82) is 0 Å². The Kier molecular flexibility index (Phi) is 3.28. The maximum atomic E-state index is 5.72. The molecule has 5 heteroatoms. The van der Waals surface area contributed by atoms with Crippen molar-refractivity contribution in [3.8, 4) is 17.0 Å². The smallest absolute Gasteiger partial charge is 0.128 e. The molecule has 0 fully saturated rings. The number of nitrogen functional groups attached to an aromatic ring is 1. The number of rotatable bonds is 2. The summed E-state index contributed by atoms with van der Waals surface area (Å²) in [5, 5.41) is 0. The van der Waals surface area contributed by atoms with E-state index in [2.05, 4.69) is 25.9 Å². The van der Waals surface area contributed by atoms with Gasteiger partial charge in [0, 0.05) is 16.1 Å². The molecule has 2 aromatic rings. The summed E-state index contributed by atoms with van der Waals surface area (Å²) in [4.78, 5) is 8.41. The summed E-state index contributed by atoms with van der Waals surface area (Å²) in [5.41, 5.74) is 7.37. The molecule has 0 saturated heterocycles. The van der Waals surface area contributed by atoms with Crippen LogP contribution in [0.4, 0.5) is 5.82 Å². The molecule has 2 rings (SSSR count). The molecule has 0 atom stereocenters. The lowest BCUT2D eigenvalue weighted by Crippen LogP contribution is -1.98. The minimum atomic E-state index is 0.453. The number of halogens is 1. The van der Waals surface area contributed by atoms with Crippen molar-refractivity contribution in [2.45, 2.75) is 6.92 Å². The molecule has 0 saturated carbocycles. The van der Waals surface area contributed by atoms with Crippen LogP contribution in [0.3, 0.4) is 0 Å². The van der Waals surface area contributed by atoms with E-state index in [9.17, 15) is 0 Å². The molecule has 1 heterocycles. The van der Waals surface area contributed by atoms with Crippen LogP contribution in [0.15, 0.2) is 28.7 Å². The van der Waals surface area contributed by atoms with E-state index in [0.717, 1.165) is 21.5 Å². The van der Waals surface area contributed by atoms with Crippen LogP contribution < -0.4 is 10.5 Å². The Hall–Kier alpha value is -1.62. The number of nitrogens with zero attached hydrogens (tertiary/aromatic N) is 2. The Morgan fingerprint density at radius 1 is 1.24 bits per heavy atom. The zero-order valence-electron chi connectivity index (χ0n) is 9.57. The summed E-state index contributed by atoms with van der Waals surface area (Å²) in [5.74, 6) is 1.85. The van der Waals surface area contributed by atoms with Crippen molar-refractivity contribution >= 4 is 21.7 Å². The van der Waals surface area contributed by atoms with Crippen molar-refractivity contribution in [1.82, 2.24) is 9.97 Å². The van der Waals surface area contributed by atoms with E-state index in [4.69, 9.17) is 10.5 Å². The first-order valence-electron chi connectivity index (χ1n) is 5.05. The average molecular weight is 294 g/mol. The molecule has 0 bridgehead atoms. The molecule has 0 radical (unpaired) electrons. The maximum Gasteiger partial charge on any atom is 0.128 e. The van der Waals surface area contributed by atoms with Gasteiger partial charge in [0.25, 0.3) is 0 Å². The van der Waals surface area contributed by atoms with Gasteiger partial charge in [-0.2, -0.15) is 0 Å². The number of hydrogen-bond acceptors (Lipinski definition) is 4. The molecule has 0 aliphatic heterocycles. The number of hydrogen-bond donors (Lipinski definition) is 1. The zero-order valence-corrected chi connectivity index (χ0v) is 11.2. The minimum absolute atomic E-state index is 0.453. The maximum absolute atomic E-state index is 5.72. The minimum Gasteiger partial charge on any atom is -0.496 e. The monoisotopic (exact) mass is 293 g/mol. The second-order valence-electron chi connectivity index (χ2n) is 3.57. The van der Waals surface area contributed by atoms with Crippen LogP contribution >= 0.6 is 15.9 Å². The van der Waals surface area contributed by atoms with Gasteiger partial charge in [-0.3, -0.25) is 0 Å². The second-order valence-corrected chi connectivity index (χ2v) is 4.49. The number of benzene rings is 1. The molecular formula is C12H12BrN3O. The van der Waals surface area contributed by atoms with Gasteiger partial charge in [0.15, 0.2) is 0 Å². The van der Waals surface area contributed by atoms with Gasteiger partial charge < -0.3 is 10.5 Å². The van der Waals surface area contributed by atoms with E-state index in [1.165, 1.54) is 0 Å². The average Bonchev–Trinajstić information content (AvgIpc) is 2.27. The lowest BCUT2D eigenvalue weighted by atomic mass is 10.1. The van der Waals surface area contributed by atoms with Crippen molar-refractivity contribution in [3.05, 3.63) is 34.6 Å². The van der Waals surface area contributed by atoms with E-state index >= 15 is 0 Å². The number of aromatic nitrogens is 2. The third-order valence-corrected chi connectivity index (χ3v) is 2.79. The third kappa shape index (κ3) is 2.55. The zero-order chi connectivity index (χ0) is 12.4. The van der Waals surface area contributed by atoms with E-state index in [1.807, 2.05) is 25.1 Å². The van der Waals surface area contributed by atoms with Crippen molar-refractivity contribution in [2.75, 3.05) is 12.8 Å². The highest BCUT2D eigenvalue weighted by Crippen LogP contribution is 2.31. The molecule has 4 nitrogen and oxygen atoms in total. The summed E-state index contributed by atoms with van der Waals surface area (Å²) in [6.45, 7) is 1.81. The molecule has 1 aromatic heterocycles. The highest BCUT2D eigenvalue weighted by molar-refractivity contribution is 9.10. The fourth-order valence-electron chi connectivity index (χ4n) is 1.61. The quantitative estimate of drug-likeness (QED) is 0.925. The Morgan fingerprint density at radius 2 is 2.00 bits per heavy atom. The molecule has 17 heavy (non-hydrogen) atoms. The Morgan fingerprint density at radius 3 is 2.65 bits per heavy atom. The highest BCUT2D eigenvalue weighted by atomic mass is 79.9. The Labute approximate surface area is 108 Å². The lowest BCUT2D eigenvalue weighted by molar-refractivity contribution is 0.416. The van der Waals surface area contributed by atoms with Gasteiger partial charge in [-0.1, -0.05) is 15.9 Å². The van der Waals surface area contributed by atoms with Gasteiger partial charge in [-0.15, -0.1) is 0 Å². The normalized spacial score (nSPS) is 10.3. The molecule has 0 aliphatic rings. The Balaban J connectivity index is 2.62. The first-order chi connectivity index (χ1) is 8.10. The first kappa shape index (κ1) is 11.9. The van der Waals surface area contributed by atoms with E-state index in [1.54, 1.807) is 13.2 Å². The predicted octanol–water partition coefficient (Wildman–Crippen LogP) is 2.81. The standard InChI is InChI=1S/C12H12BrN3O/c1-7-15-10(6-12(14)16-7)9-5-8(13)3-4-11(9)17-2/h3-6H,1-2H3,(H2,14,15,16). The SMILES string of the molecule is COc1ccc(Br)cc1-c1cc(N)nc(C)n1. The van der Waals surface area contributed by atoms with Crippen LogP contribution in [-0.4, -0.2) is 17.1 Å². The topological polar surface area (TPSA) is 61.0 Å². The summed E-state index contributed by atoms with van der Waals surface area (Å²) in [7, 11) is 1.63. The van der Waals surface area contributed by atoms with Gasteiger partial charge in [0.2, 0.25) is 0 Å². The number of ether oxygens (including phenoxy) is 1. The van der Waals surface area contributed by atoms with Crippen LogP contribution in [0.1, 0.15) is 5.82 Å². The summed E-state index contributed by atoms with van der Waals surface area (Å²) in [6, 6.07) is 7.48.